The summed E-state index contributed by atoms with van der Waals surface area (Å²) in [6, 6.07) is 4.05. The minimum Gasteiger partial charge on any atom is -0.370 e. The number of nitrogens with zero attached hydrogens (tertiary/aromatic N) is 2. The number of hydrogen-bond donors (Lipinski definition) is 0. The van der Waals surface area contributed by atoms with Crippen molar-refractivity contribution in [2.75, 3.05) is 32.8 Å². The van der Waals surface area contributed by atoms with Crippen LogP contribution in [0.2, 0.25) is 5.02 Å². The summed E-state index contributed by atoms with van der Waals surface area (Å²) < 4.78 is 45.2. The van der Waals surface area contributed by atoms with E-state index in [-0.39, 0.29) is 10.9 Å². The van der Waals surface area contributed by atoms with Crippen LogP contribution in [-0.4, -0.2) is 54.1 Å². The highest BCUT2D eigenvalue weighted by atomic mass is 35.5. The van der Waals surface area contributed by atoms with Crippen LogP contribution in [0.25, 0.3) is 0 Å². The third kappa shape index (κ3) is 4.32. The van der Waals surface area contributed by atoms with Crippen LogP contribution in [0.3, 0.4) is 0 Å². The molecule has 1 spiro atoms. The molecule has 8 heteroatoms. The van der Waals surface area contributed by atoms with Gasteiger partial charge in [-0.1, -0.05) is 17.7 Å². The van der Waals surface area contributed by atoms with Gasteiger partial charge in [0, 0.05) is 26.6 Å². The maximum atomic E-state index is 13.1. The molecule has 2 saturated heterocycles. The van der Waals surface area contributed by atoms with Gasteiger partial charge in [0.1, 0.15) is 0 Å². The Balaban J connectivity index is 1.72. The lowest BCUT2D eigenvalue weighted by Crippen LogP contribution is -2.60. The summed E-state index contributed by atoms with van der Waals surface area (Å²) in [7, 11) is 0. The van der Waals surface area contributed by atoms with Crippen molar-refractivity contribution < 1.29 is 22.7 Å². The molecule has 2 heterocycles. The third-order valence-corrected chi connectivity index (χ3v) is 5.38. The highest BCUT2D eigenvalue weighted by Crippen LogP contribution is 2.36. The quantitative estimate of drug-likeness (QED) is 0.774. The number of ether oxygens (including phenoxy) is 1. The number of piperidine rings is 1. The van der Waals surface area contributed by atoms with E-state index in [0.717, 1.165) is 25.5 Å². The van der Waals surface area contributed by atoms with E-state index in [1.165, 1.54) is 6.07 Å². The van der Waals surface area contributed by atoms with Crippen LogP contribution in [0, 0.1) is 0 Å². The summed E-state index contributed by atoms with van der Waals surface area (Å²) in [6.45, 7) is 4.94. The third-order valence-electron chi connectivity index (χ3n) is 5.05. The van der Waals surface area contributed by atoms with Crippen molar-refractivity contribution in [3.63, 3.8) is 0 Å². The minimum absolute atomic E-state index is 0.0253. The van der Waals surface area contributed by atoms with Crippen molar-refractivity contribution >= 4 is 17.5 Å². The first-order valence-corrected chi connectivity index (χ1v) is 9.04. The molecule has 1 unspecified atom stereocenters. The van der Waals surface area contributed by atoms with Crippen molar-refractivity contribution in [3.8, 4) is 0 Å². The zero-order chi connectivity index (χ0) is 18.9. The number of benzene rings is 1. The molecule has 0 saturated carbocycles. The molecule has 2 aliphatic rings. The molecule has 0 bridgehead atoms. The first-order chi connectivity index (χ1) is 12.2. The van der Waals surface area contributed by atoms with Crippen LogP contribution < -0.4 is 0 Å². The molecular weight excluding hydrogens is 369 g/mol. The largest absolute Gasteiger partial charge is 0.417 e. The molecule has 4 nitrogen and oxygen atoms in total. The molecule has 1 aromatic rings. The van der Waals surface area contributed by atoms with Crippen LogP contribution in [0.5, 0.6) is 0 Å². The number of rotatable bonds is 2. The summed E-state index contributed by atoms with van der Waals surface area (Å²) in [4.78, 5) is 15.6. The normalized spacial score (nSPS) is 24.9. The zero-order valence-corrected chi connectivity index (χ0v) is 15.4. The highest BCUT2D eigenvalue weighted by molar-refractivity contribution is 6.31. The molecule has 1 amide bonds. The Morgan fingerprint density at radius 2 is 2.08 bits per heavy atom. The van der Waals surface area contributed by atoms with Gasteiger partial charge < -0.3 is 9.64 Å². The minimum atomic E-state index is -4.47. The van der Waals surface area contributed by atoms with Gasteiger partial charge in [-0.15, -0.1) is 0 Å². The predicted octanol–water partition coefficient (Wildman–Crippen LogP) is 3.57. The molecule has 0 radical (unpaired) electrons. The molecule has 0 aromatic heterocycles. The monoisotopic (exact) mass is 390 g/mol. The van der Waals surface area contributed by atoms with Crippen LogP contribution in [-0.2, 0) is 22.3 Å². The lowest BCUT2D eigenvalue weighted by atomic mass is 9.90. The van der Waals surface area contributed by atoms with E-state index in [9.17, 15) is 18.0 Å². The topological polar surface area (TPSA) is 32.8 Å². The van der Waals surface area contributed by atoms with Crippen LogP contribution >= 0.6 is 11.6 Å². The summed E-state index contributed by atoms with van der Waals surface area (Å²) in [6.07, 6.45) is -2.74. The van der Waals surface area contributed by atoms with E-state index in [0.29, 0.717) is 38.3 Å². The van der Waals surface area contributed by atoms with Crippen LogP contribution in [0.4, 0.5) is 13.2 Å². The Morgan fingerprint density at radius 3 is 2.77 bits per heavy atom. The number of carbonyl (C=O) groups excluding carboxylic acids is 1. The Hall–Kier alpha value is -1.31. The average Bonchev–Trinajstić information content (AvgIpc) is 2.56. The van der Waals surface area contributed by atoms with E-state index in [4.69, 9.17) is 16.3 Å². The van der Waals surface area contributed by atoms with Crippen molar-refractivity contribution in [1.82, 2.24) is 9.80 Å². The number of alkyl halides is 3. The number of halogens is 4. The molecule has 2 fully saturated rings. The Labute approximate surface area is 155 Å². The lowest BCUT2D eigenvalue weighted by molar-refractivity contribution is -0.160. The van der Waals surface area contributed by atoms with Gasteiger partial charge >= 0.3 is 6.18 Å². The lowest BCUT2D eigenvalue weighted by Gasteiger charge is -2.48. The van der Waals surface area contributed by atoms with Crippen LogP contribution in [0.1, 0.15) is 30.9 Å². The number of likely N-dealkylation sites (tertiary alicyclic amines) is 1. The van der Waals surface area contributed by atoms with Gasteiger partial charge in [0.2, 0.25) is 5.91 Å². The van der Waals surface area contributed by atoms with Gasteiger partial charge in [0.05, 0.1) is 29.3 Å². The van der Waals surface area contributed by atoms with Crippen molar-refractivity contribution in [2.24, 2.45) is 0 Å². The molecule has 1 aromatic carbocycles. The number of carbonyl (C=O) groups is 1. The second-order valence-electron chi connectivity index (χ2n) is 7.10. The molecule has 2 aliphatic heterocycles. The summed E-state index contributed by atoms with van der Waals surface area (Å²) in [5.74, 6) is 0.0253. The van der Waals surface area contributed by atoms with E-state index in [1.807, 2.05) is 0 Å². The summed E-state index contributed by atoms with van der Waals surface area (Å²) >= 11 is 5.69. The van der Waals surface area contributed by atoms with Gasteiger partial charge in [-0.2, -0.15) is 13.2 Å². The van der Waals surface area contributed by atoms with E-state index >= 15 is 0 Å². The fourth-order valence-corrected chi connectivity index (χ4v) is 4.06. The number of morpholine rings is 1. The Bertz CT molecular complexity index is 679. The fraction of sp³-hybridized carbons (Fsp3) is 0.611. The zero-order valence-electron chi connectivity index (χ0n) is 14.6. The second kappa shape index (κ2) is 7.37. The first-order valence-electron chi connectivity index (χ1n) is 8.66. The average molecular weight is 391 g/mol. The SMILES string of the molecule is CC(=O)N1CCOC2(CCCN(Cc3ccc(Cl)c(C(F)(F)F)c3)C2)C1. The van der Waals surface area contributed by atoms with Gasteiger partial charge in [0.25, 0.3) is 0 Å². The molecule has 0 N–H and O–H groups in total. The summed E-state index contributed by atoms with van der Waals surface area (Å²) in [5.41, 5.74) is -0.667. The van der Waals surface area contributed by atoms with E-state index < -0.39 is 17.3 Å². The van der Waals surface area contributed by atoms with E-state index in [1.54, 1.807) is 17.9 Å². The summed E-state index contributed by atoms with van der Waals surface area (Å²) in [5, 5.41) is -0.288. The predicted molar refractivity (Wildman–Crippen MR) is 91.9 cm³/mol. The number of amides is 1. The van der Waals surface area contributed by atoms with Crippen molar-refractivity contribution in [2.45, 2.75) is 38.1 Å². The van der Waals surface area contributed by atoms with Gasteiger partial charge in [-0.3, -0.25) is 9.69 Å². The Kier molecular flexibility index (Phi) is 5.51. The maximum absolute atomic E-state index is 13.1. The van der Waals surface area contributed by atoms with Gasteiger partial charge in [-0.25, -0.2) is 0 Å². The van der Waals surface area contributed by atoms with Crippen molar-refractivity contribution in [1.29, 1.82) is 0 Å². The van der Waals surface area contributed by atoms with Crippen LogP contribution in [0.15, 0.2) is 18.2 Å². The fourth-order valence-electron chi connectivity index (χ4n) is 3.83. The molecule has 26 heavy (non-hydrogen) atoms. The molecule has 0 aliphatic carbocycles. The molecule has 144 valence electrons. The Morgan fingerprint density at radius 1 is 1.31 bits per heavy atom. The smallest absolute Gasteiger partial charge is 0.370 e. The molecule has 1 atom stereocenters. The standard InChI is InChI=1S/C18H22ClF3N2O2/c1-13(25)24-7-8-26-17(12-24)5-2-6-23(11-17)10-14-3-4-16(19)15(9-14)18(20,21)22/h3-4,9H,2,5-8,10-12H2,1H3. The van der Waals surface area contributed by atoms with Gasteiger partial charge in [0.15, 0.2) is 0 Å². The highest BCUT2D eigenvalue weighted by Gasteiger charge is 2.41. The maximum Gasteiger partial charge on any atom is 0.417 e. The van der Waals surface area contributed by atoms with Crippen molar-refractivity contribution in [3.05, 3.63) is 34.3 Å². The molecule has 3 rings (SSSR count). The first kappa shape index (κ1) is 19.5. The number of hydrogen-bond acceptors (Lipinski definition) is 3. The van der Waals surface area contributed by atoms with E-state index in [2.05, 4.69) is 4.90 Å². The second-order valence-corrected chi connectivity index (χ2v) is 7.51. The molecular formula is C18H22ClF3N2O2. The van der Waals surface area contributed by atoms with Gasteiger partial charge in [-0.05, 0) is 37.1 Å².